The smallest absolute Gasteiger partial charge is 0.261 e. The zero-order chi connectivity index (χ0) is 17.5. The fourth-order valence-corrected chi connectivity index (χ4v) is 4.43. The zero-order valence-electron chi connectivity index (χ0n) is 13.5. The van der Waals surface area contributed by atoms with E-state index in [0.29, 0.717) is 30.9 Å². The van der Waals surface area contributed by atoms with Gasteiger partial charge in [0.15, 0.2) is 0 Å². The van der Waals surface area contributed by atoms with Crippen molar-refractivity contribution in [2.75, 3.05) is 6.54 Å². The third-order valence-electron chi connectivity index (χ3n) is 3.58. The zero-order valence-corrected chi connectivity index (χ0v) is 16.0. The summed E-state index contributed by atoms with van der Waals surface area (Å²) in [5.41, 5.74) is 0. The molecule has 0 saturated heterocycles. The highest BCUT2D eigenvalue weighted by Gasteiger charge is 2.16. The van der Waals surface area contributed by atoms with E-state index in [2.05, 4.69) is 5.32 Å². The maximum absolute atomic E-state index is 12.7. The highest BCUT2D eigenvalue weighted by atomic mass is 32.1. The Hall–Kier alpha value is -1.96. The molecule has 0 atom stereocenters. The molecule has 0 bridgehead atoms. The number of rotatable bonds is 8. The molecular weight excluding hydrogens is 372 g/mol. The summed E-state index contributed by atoms with van der Waals surface area (Å²) in [6.07, 6.45) is 0.299. The Balaban J connectivity index is 1.55. The summed E-state index contributed by atoms with van der Waals surface area (Å²) in [4.78, 5) is 29.4. The Bertz CT molecular complexity index is 744. The molecule has 0 radical (unpaired) electrons. The molecule has 4 nitrogen and oxygen atoms in total. The molecule has 0 fully saturated rings. The van der Waals surface area contributed by atoms with E-state index >= 15 is 0 Å². The van der Waals surface area contributed by atoms with Crippen LogP contribution >= 0.6 is 34.0 Å². The second-order valence-electron chi connectivity index (χ2n) is 5.39. The lowest BCUT2D eigenvalue weighted by molar-refractivity contribution is -0.132. The van der Waals surface area contributed by atoms with Crippen molar-refractivity contribution < 1.29 is 9.59 Å². The van der Waals surface area contributed by atoms with Crippen molar-refractivity contribution in [3.05, 3.63) is 67.2 Å². The summed E-state index contributed by atoms with van der Waals surface area (Å²) < 4.78 is 0. The number of nitrogens with one attached hydrogen (secondary N) is 1. The molecule has 130 valence electrons. The summed E-state index contributed by atoms with van der Waals surface area (Å²) in [5, 5.41) is 8.72. The van der Waals surface area contributed by atoms with Crippen LogP contribution in [0.25, 0.3) is 0 Å². The van der Waals surface area contributed by atoms with Crippen LogP contribution < -0.4 is 5.32 Å². The summed E-state index contributed by atoms with van der Waals surface area (Å²) in [6, 6.07) is 11.7. The molecule has 0 aliphatic rings. The molecule has 1 N–H and O–H groups in total. The predicted molar refractivity (Wildman–Crippen MR) is 104 cm³/mol. The van der Waals surface area contributed by atoms with Crippen molar-refractivity contribution in [2.45, 2.75) is 19.5 Å². The standard InChI is InChI=1S/C18H18N2O2S3/c21-17(7-8-19-18(22)16-6-3-11-25-16)20(12-14-4-1-9-23-14)13-15-5-2-10-24-15/h1-6,9-11H,7-8,12-13H2,(H,19,22). The number of hydrogen-bond acceptors (Lipinski definition) is 5. The van der Waals surface area contributed by atoms with Crippen LogP contribution in [0.5, 0.6) is 0 Å². The molecule has 3 heterocycles. The Morgan fingerprint density at radius 1 is 0.880 bits per heavy atom. The summed E-state index contributed by atoms with van der Waals surface area (Å²) in [6.45, 7) is 1.56. The minimum Gasteiger partial charge on any atom is -0.351 e. The van der Waals surface area contributed by atoms with Gasteiger partial charge >= 0.3 is 0 Å². The molecule has 0 saturated carbocycles. The lowest BCUT2D eigenvalue weighted by Gasteiger charge is -2.21. The van der Waals surface area contributed by atoms with Crippen molar-refractivity contribution in [3.8, 4) is 0 Å². The van der Waals surface area contributed by atoms with Gasteiger partial charge in [0.1, 0.15) is 0 Å². The molecule has 0 unspecified atom stereocenters. The Labute approximate surface area is 158 Å². The highest BCUT2D eigenvalue weighted by Crippen LogP contribution is 2.18. The summed E-state index contributed by atoms with van der Waals surface area (Å²) >= 11 is 4.70. The van der Waals surface area contributed by atoms with Gasteiger partial charge in [0.05, 0.1) is 18.0 Å². The number of nitrogens with zero attached hydrogens (tertiary/aromatic N) is 1. The van der Waals surface area contributed by atoms with Crippen LogP contribution in [-0.2, 0) is 17.9 Å². The van der Waals surface area contributed by atoms with Crippen molar-refractivity contribution >= 4 is 45.8 Å². The maximum atomic E-state index is 12.7. The van der Waals surface area contributed by atoms with Crippen LogP contribution in [0.15, 0.2) is 52.5 Å². The Morgan fingerprint density at radius 3 is 2.00 bits per heavy atom. The first-order chi connectivity index (χ1) is 12.2. The first kappa shape index (κ1) is 17.8. The van der Waals surface area contributed by atoms with Crippen LogP contribution in [0.4, 0.5) is 0 Å². The lowest BCUT2D eigenvalue weighted by atomic mass is 10.3. The van der Waals surface area contributed by atoms with Crippen molar-refractivity contribution in [3.63, 3.8) is 0 Å². The van der Waals surface area contributed by atoms with Gasteiger partial charge in [-0.2, -0.15) is 0 Å². The van der Waals surface area contributed by atoms with E-state index in [0.717, 1.165) is 9.75 Å². The minimum atomic E-state index is -0.120. The molecule has 0 aliphatic carbocycles. The van der Waals surface area contributed by atoms with Gasteiger partial charge in [0, 0.05) is 22.7 Å². The largest absolute Gasteiger partial charge is 0.351 e. The molecule has 0 aliphatic heterocycles. The van der Waals surface area contributed by atoms with Crippen LogP contribution in [0.1, 0.15) is 25.8 Å². The quantitative estimate of drug-likeness (QED) is 0.626. The van der Waals surface area contributed by atoms with Crippen LogP contribution in [0.2, 0.25) is 0 Å². The molecule has 3 aromatic heterocycles. The number of carbonyl (C=O) groups is 2. The minimum absolute atomic E-state index is 0.0493. The fourth-order valence-electron chi connectivity index (χ4n) is 2.35. The van der Waals surface area contributed by atoms with Gasteiger partial charge in [0.25, 0.3) is 5.91 Å². The van der Waals surface area contributed by atoms with Gasteiger partial charge in [-0.3, -0.25) is 9.59 Å². The number of amides is 2. The number of carbonyl (C=O) groups excluding carboxylic acids is 2. The average Bonchev–Trinajstić information content (AvgIpc) is 3.37. The normalized spacial score (nSPS) is 10.6. The predicted octanol–water partition coefficient (Wildman–Crippen LogP) is 4.22. The maximum Gasteiger partial charge on any atom is 0.261 e. The third-order valence-corrected chi connectivity index (χ3v) is 6.17. The van der Waals surface area contributed by atoms with E-state index in [1.54, 1.807) is 28.7 Å². The molecule has 2 amide bonds. The average molecular weight is 391 g/mol. The first-order valence-corrected chi connectivity index (χ1v) is 10.5. The SMILES string of the molecule is O=C(NCCC(=O)N(Cc1cccs1)Cc1cccs1)c1cccs1. The van der Waals surface area contributed by atoms with Crippen molar-refractivity contribution in [1.82, 2.24) is 10.2 Å². The molecule has 0 spiro atoms. The Kier molecular flexibility index (Phi) is 6.38. The molecule has 0 aromatic carbocycles. The molecule has 25 heavy (non-hydrogen) atoms. The molecule has 7 heteroatoms. The monoisotopic (exact) mass is 390 g/mol. The van der Waals surface area contributed by atoms with Gasteiger partial charge in [-0.25, -0.2) is 0 Å². The second kappa shape index (κ2) is 8.94. The van der Waals surface area contributed by atoms with Gasteiger partial charge in [-0.1, -0.05) is 18.2 Å². The topological polar surface area (TPSA) is 49.4 Å². The van der Waals surface area contributed by atoms with Crippen LogP contribution in [0, 0.1) is 0 Å². The van der Waals surface area contributed by atoms with Gasteiger partial charge < -0.3 is 10.2 Å². The van der Waals surface area contributed by atoms with Gasteiger partial charge in [-0.05, 0) is 34.3 Å². The van der Waals surface area contributed by atoms with E-state index in [1.807, 2.05) is 51.4 Å². The van der Waals surface area contributed by atoms with E-state index < -0.39 is 0 Å². The van der Waals surface area contributed by atoms with E-state index in [1.165, 1.54) is 11.3 Å². The van der Waals surface area contributed by atoms with Crippen LogP contribution in [0.3, 0.4) is 0 Å². The number of thiophene rings is 3. The van der Waals surface area contributed by atoms with E-state index in [9.17, 15) is 9.59 Å². The summed E-state index contributed by atoms with van der Waals surface area (Å²) in [5.74, 6) is -0.0702. The molecule has 3 rings (SSSR count). The first-order valence-electron chi connectivity index (χ1n) is 7.86. The van der Waals surface area contributed by atoms with Gasteiger partial charge in [0.2, 0.25) is 5.91 Å². The summed E-state index contributed by atoms with van der Waals surface area (Å²) in [7, 11) is 0. The van der Waals surface area contributed by atoms with E-state index in [4.69, 9.17) is 0 Å². The second-order valence-corrected chi connectivity index (χ2v) is 8.40. The van der Waals surface area contributed by atoms with Gasteiger partial charge in [-0.15, -0.1) is 34.0 Å². The van der Waals surface area contributed by atoms with Crippen LogP contribution in [-0.4, -0.2) is 23.3 Å². The number of hydrogen-bond donors (Lipinski definition) is 1. The molecule has 3 aromatic rings. The van der Waals surface area contributed by atoms with Crippen molar-refractivity contribution in [1.29, 1.82) is 0 Å². The van der Waals surface area contributed by atoms with E-state index in [-0.39, 0.29) is 11.8 Å². The molecular formula is C18H18N2O2S3. The fraction of sp³-hybridized carbons (Fsp3) is 0.222. The van der Waals surface area contributed by atoms with Crippen molar-refractivity contribution in [2.24, 2.45) is 0 Å². The third kappa shape index (κ3) is 5.26. The lowest BCUT2D eigenvalue weighted by Crippen LogP contribution is -2.33. The Morgan fingerprint density at radius 2 is 1.48 bits per heavy atom. The highest BCUT2D eigenvalue weighted by molar-refractivity contribution is 7.12.